The lowest BCUT2D eigenvalue weighted by molar-refractivity contribution is 1.32. The van der Waals surface area contributed by atoms with Gasteiger partial charge in [-0.05, 0) is 12.1 Å². The monoisotopic (exact) mass is 160 g/mol. The quantitative estimate of drug-likeness (QED) is 0.664. The van der Waals surface area contributed by atoms with Gasteiger partial charge in [-0.3, -0.25) is 0 Å². The number of benzene rings is 1. The summed E-state index contributed by atoms with van der Waals surface area (Å²) < 4.78 is 0. The summed E-state index contributed by atoms with van der Waals surface area (Å²) in [5, 5.41) is 3.02. The van der Waals surface area contributed by atoms with E-state index in [-0.39, 0.29) is 0 Å². The highest BCUT2D eigenvalue weighted by Gasteiger charge is 1.94. The molecule has 1 aromatic carbocycles. The lowest BCUT2D eigenvalue weighted by Gasteiger charge is -2.07. The molecule has 0 aliphatic heterocycles. The maximum atomic E-state index is 5.43. The molecule has 0 unspecified atom stereocenters. The third-order valence-corrected chi connectivity index (χ3v) is 1.46. The van der Waals surface area contributed by atoms with Crippen molar-refractivity contribution in [3.63, 3.8) is 0 Å². The molecule has 2 nitrogen and oxygen atoms in total. The van der Waals surface area contributed by atoms with E-state index in [9.17, 15) is 0 Å². The van der Waals surface area contributed by atoms with Gasteiger partial charge in [-0.2, -0.15) is 0 Å². The van der Waals surface area contributed by atoms with Gasteiger partial charge in [-0.1, -0.05) is 31.4 Å². The first-order valence-corrected chi connectivity index (χ1v) is 3.66. The number of hydrogen-bond donors (Lipinski definition) is 2. The van der Waals surface area contributed by atoms with Gasteiger partial charge in [0.05, 0.1) is 5.70 Å². The van der Waals surface area contributed by atoms with Gasteiger partial charge in [0, 0.05) is 11.4 Å². The standard InChI is InChI=1S/C10H12N2/c1-8(11)9(2)12-10-6-4-3-5-7-10/h3-7,12H,1-2,11H2. The predicted octanol–water partition coefficient (Wildman–Crippen LogP) is 2.08. The molecule has 0 saturated carbocycles. The Balaban J connectivity index is 2.65. The van der Waals surface area contributed by atoms with Crippen LogP contribution in [-0.2, 0) is 0 Å². The number of anilines is 1. The Hall–Kier alpha value is -1.70. The Labute approximate surface area is 72.4 Å². The van der Waals surface area contributed by atoms with Crippen molar-refractivity contribution in [1.82, 2.24) is 0 Å². The Morgan fingerprint density at radius 3 is 2.25 bits per heavy atom. The number of hydrogen-bond acceptors (Lipinski definition) is 2. The van der Waals surface area contributed by atoms with Gasteiger partial charge in [-0.15, -0.1) is 0 Å². The molecule has 0 atom stereocenters. The predicted molar refractivity (Wildman–Crippen MR) is 52.5 cm³/mol. The van der Waals surface area contributed by atoms with E-state index >= 15 is 0 Å². The third-order valence-electron chi connectivity index (χ3n) is 1.46. The van der Waals surface area contributed by atoms with Crippen molar-refractivity contribution in [2.45, 2.75) is 0 Å². The summed E-state index contributed by atoms with van der Waals surface area (Å²) in [6, 6.07) is 9.71. The van der Waals surface area contributed by atoms with Crippen LogP contribution in [0.5, 0.6) is 0 Å². The molecular weight excluding hydrogens is 148 g/mol. The molecule has 0 aliphatic carbocycles. The van der Waals surface area contributed by atoms with Crippen molar-refractivity contribution < 1.29 is 0 Å². The molecule has 0 bridgehead atoms. The van der Waals surface area contributed by atoms with Gasteiger partial charge < -0.3 is 11.1 Å². The summed E-state index contributed by atoms with van der Waals surface area (Å²) in [4.78, 5) is 0. The van der Waals surface area contributed by atoms with Gasteiger partial charge in [0.1, 0.15) is 0 Å². The van der Waals surface area contributed by atoms with E-state index < -0.39 is 0 Å². The molecule has 1 aromatic rings. The Morgan fingerprint density at radius 2 is 1.75 bits per heavy atom. The zero-order chi connectivity index (χ0) is 8.97. The molecule has 0 radical (unpaired) electrons. The molecule has 0 amide bonds. The minimum Gasteiger partial charge on any atom is -0.398 e. The highest BCUT2D eigenvalue weighted by Crippen LogP contribution is 2.09. The molecule has 3 N–H and O–H groups in total. The van der Waals surface area contributed by atoms with Gasteiger partial charge in [0.25, 0.3) is 0 Å². The zero-order valence-electron chi connectivity index (χ0n) is 6.88. The van der Waals surface area contributed by atoms with Crippen LogP contribution in [0, 0.1) is 0 Å². The first-order valence-electron chi connectivity index (χ1n) is 3.66. The molecular formula is C10H12N2. The summed E-state index contributed by atoms with van der Waals surface area (Å²) >= 11 is 0. The van der Waals surface area contributed by atoms with E-state index in [1.165, 1.54) is 0 Å². The van der Waals surface area contributed by atoms with Crippen molar-refractivity contribution >= 4 is 5.69 Å². The van der Waals surface area contributed by atoms with E-state index in [1.54, 1.807) is 0 Å². The highest BCUT2D eigenvalue weighted by molar-refractivity contribution is 5.50. The summed E-state index contributed by atoms with van der Waals surface area (Å²) in [6.45, 7) is 7.28. The van der Waals surface area contributed by atoms with Crippen LogP contribution in [0.25, 0.3) is 0 Å². The molecule has 0 aromatic heterocycles. The molecule has 0 saturated heterocycles. The molecule has 1 rings (SSSR count). The van der Waals surface area contributed by atoms with Gasteiger partial charge in [0.2, 0.25) is 0 Å². The Bertz CT molecular complexity index is 288. The highest BCUT2D eigenvalue weighted by atomic mass is 14.9. The first-order chi connectivity index (χ1) is 5.70. The van der Waals surface area contributed by atoms with E-state index in [1.807, 2.05) is 30.3 Å². The Morgan fingerprint density at radius 1 is 1.17 bits per heavy atom. The average Bonchev–Trinajstić information content (AvgIpc) is 2.06. The molecule has 62 valence electrons. The normalized spacial score (nSPS) is 9.00. The molecule has 2 heteroatoms. The number of rotatable bonds is 3. The van der Waals surface area contributed by atoms with Crippen molar-refractivity contribution in [2.24, 2.45) is 5.73 Å². The maximum Gasteiger partial charge on any atom is 0.0538 e. The SMILES string of the molecule is C=C(N)C(=C)Nc1ccccc1. The molecule has 12 heavy (non-hydrogen) atoms. The summed E-state index contributed by atoms with van der Waals surface area (Å²) in [5.41, 5.74) is 7.49. The number of nitrogens with two attached hydrogens (primary N) is 1. The van der Waals surface area contributed by atoms with Crippen LogP contribution in [0.3, 0.4) is 0 Å². The summed E-state index contributed by atoms with van der Waals surface area (Å²) in [5.74, 6) is 0. The summed E-state index contributed by atoms with van der Waals surface area (Å²) in [6.07, 6.45) is 0. The van der Waals surface area contributed by atoms with E-state index in [4.69, 9.17) is 5.73 Å². The number of nitrogens with one attached hydrogen (secondary N) is 1. The average molecular weight is 160 g/mol. The molecule has 0 heterocycles. The van der Waals surface area contributed by atoms with Crippen LogP contribution in [0.4, 0.5) is 5.69 Å². The number of para-hydroxylation sites is 1. The molecule has 0 aliphatic rings. The van der Waals surface area contributed by atoms with Crippen molar-refractivity contribution in [3.05, 3.63) is 54.9 Å². The van der Waals surface area contributed by atoms with E-state index in [0.717, 1.165) is 5.69 Å². The van der Waals surface area contributed by atoms with Crippen LogP contribution in [0.1, 0.15) is 0 Å². The fourth-order valence-electron chi connectivity index (χ4n) is 0.776. The van der Waals surface area contributed by atoms with Crippen LogP contribution >= 0.6 is 0 Å². The lowest BCUT2D eigenvalue weighted by Crippen LogP contribution is -2.06. The topological polar surface area (TPSA) is 38.0 Å². The second-order valence-corrected chi connectivity index (χ2v) is 2.49. The lowest BCUT2D eigenvalue weighted by atomic mass is 10.3. The fourth-order valence-corrected chi connectivity index (χ4v) is 0.776. The van der Waals surface area contributed by atoms with Gasteiger partial charge in [-0.25, -0.2) is 0 Å². The van der Waals surface area contributed by atoms with Gasteiger partial charge >= 0.3 is 0 Å². The van der Waals surface area contributed by atoms with E-state index in [2.05, 4.69) is 18.5 Å². The largest absolute Gasteiger partial charge is 0.398 e. The van der Waals surface area contributed by atoms with Crippen molar-refractivity contribution in [3.8, 4) is 0 Å². The van der Waals surface area contributed by atoms with Crippen LogP contribution < -0.4 is 11.1 Å². The van der Waals surface area contributed by atoms with Crippen LogP contribution in [0.2, 0.25) is 0 Å². The second-order valence-electron chi connectivity index (χ2n) is 2.49. The molecule has 0 fully saturated rings. The van der Waals surface area contributed by atoms with Crippen LogP contribution in [-0.4, -0.2) is 0 Å². The van der Waals surface area contributed by atoms with E-state index in [0.29, 0.717) is 11.4 Å². The second kappa shape index (κ2) is 3.62. The Kier molecular flexibility index (Phi) is 2.53. The fraction of sp³-hybridized carbons (Fsp3) is 0. The minimum atomic E-state index is 0.457. The van der Waals surface area contributed by atoms with Crippen LogP contribution in [0.15, 0.2) is 54.9 Å². The third kappa shape index (κ3) is 2.16. The van der Waals surface area contributed by atoms with Crippen molar-refractivity contribution in [2.75, 3.05) is 5.32 Å². The minimum absolute atomic E-state index is 0.457. The summed E-state index contributed by atoms with van der Waals surface area (Å²) in [7, 11) is 0. The zero-order valence-corrected chi connectivity index (χ0v) is 6.88. The molecule has 0 spiro atoms. The van der Waals surface area contributed by atoms with Gasteiger partial charge in [0.15, 0.2) is 0 Å². The maximum absolute atomic E-state index is 5.43. The van der Waals surface area contributed by atoms with Crippen molar-refractivity contribution in [1.29, 1.82) is 0 Å². The first kappa shape index (κ1) is 8.40. The smallest absolute Gasteiger partial charge is 0.0538 e.